The quantitative estimate of drug-likeness (QED) is 0.493. The monoisotopic (exact) mass is 300 g/mol. The molecule has 0 aliphatic rings. The Morgan fingerprint density at radius 3 is 2.45 bits per heavy atom. The molecule has 0 N–H and O–H groups in total. The molecule has 0 aliphatic heterocycles. The van der Waals surface area contributed by atoms with E-state index in [1.807, 2.05) is 37.3 Å². The van der Waals surface area contributed by atoms with Crippen molar-refractivity contribution < 1.29 is 0 Å². The standard InChI is InChI=1S/C16H13ClN2S/c1-10-4-3-5-13-14(10)18-16(19-15(13)17)11-6-8-12(20-2)9-7-11/h3-9H,1-2H3. The van der Waals surface area contributed by atoms with Crippen molar-refractivity contribution in [1.29, 1.82) is 0 Å². The van der Waals surface area contributed by atoms with Crippen molar-refractivity contribution in [3.05, 3.63) is 53.2 Å². The van der Waals surface area contributed by atoms with Crippen molar-refractivity contribution in [2.24, 2.45) is 0 Å². The average Bonchev–Trinajstić information content (AvgIpc) is 2.48. The summed E-state index contributed by atoms with van der Waals surface area (Å²) in [5, 5.41) is 1.40. The molecule has 0 spiro atoms. The third-order valence-electron chi connectivity index (χ3n) is 3.23. The third kappa shape index (κ3) is 2.39. The number of hydrogen-bond donors (Lipinski definition) is 0. The van der Waals surface area contributed by atoms with Crippen molar-refractivity contribution >= 4 is 34.3 Å². The van der Waals surface area contributed by atoms with Gasteiger partial charge in [0, 0.05) is 15.8 Å². The molecule has 0 unspecified atom stereocenters. The number of para-hydroxylation sites is 1. The molecule has 3 aromatic rings. The van der Waals surface area contributed by atoms with Gasteiger partial charge in [0.1, 0.15) is 5.15 Å². The molecule has 0 atom stereocenters. The van der Waals surface area contributed by atoms with Crippen LogP contribution in [0.15, 0.2) is 47.4 Å². The molecule has 4 heteroatoms. The van der Waals surface area contributed by atoms with Crippen molar-refractivity contribution in [3.8, 4) is 11.4 Å². The number of fused-ring (bicyclic) bond motifs is 1. The molecule has 2 aromatic carbocycles. The highest BCUT2D eigenvalue weighted by Gasteiger charge is 2.09. The maximum atomic E-state index is 6.29. The molecule has 0 saturated carbocycles. The van der Waals surface area contributed by atoms with Crippen LogP contribution in [0.5, 0.6) is 0 Å². The molecular weight excluding hydrogens is 288 g/mol. The molecule has 0 radical (unpaired) electrons. The van der Waals surface area contributed by atoms with Gasteiger partial charge in [-0.2, -0.15) is 0 Å². The topological polar surface area (TPSA) is 25.8 Å². The molecule has 3 rings (SSSR count). The van der Waals surface area contributed by atoms with E-state index in [2.05, 4.69) is 28.4 Å². The smallest absolute Gasteiger partial charge is 0.161 e. The van der Waals surface area contributed by atoms with Crippen LogP contribution in [-0.4, -0.2) is 16.2 Å². The van der Waals surface area contributed by atoms with E-state index in [0.29, 0.717) is 11.0 Å². The predicted molar refractivity (Wildman–Crippen MR) is 86.5 cm³/mol. The third-order valence-corrected chi connectivity index (χ3v) is 4.26. The van der Waals surface area contributed by atoms with E-state index in [4.69, 9.17) is 11.6 Å². The van der Waals surface area contributed by atoms with Crippen LogP contribution in [0.3, 0.4) is 0 Å². The molecule has 0 bridgehead atoms. The first-order chi connectivity index (χ1) is 9.69. The second-order valence-corrected chi connectivity index (χ2v) is 5.78. The summed E-state index contributed by atoms with van der Waals surface area (Å²) in [6.07, 6.45) is 2.06. The summed E-state index contributed by atoms with van der Waals surface area (Å²) in [5.74, 6) is 0.671. The van der Waals surface area contributed by atoms with E-state index in [0.717, 1.165) is 22.0 Å². The number of hydrogen-bond acceptors (Lipinski definition) is 3. The highest BCUT2D eigenvalue weighted by Crippen LogP contribution is 2.27. The Hall–Kier alpha value is -1.58. The maximum Gasteiger partial charge on any atom is 0.161 e. The van der Waals surface area contributed by atoms with Gasteiger partial charge in [-0.3, -0.25) is 0 Å². The van der Waals surface area contributed by atoms with E-state index < -0.39 is 0 Å². The normalized spacial score (nSPS) is 10.9. The van der Waals surface area contributed by atoms with Gasteiger partial charge < -0.3 is 0 Å². The lowest BCUT2D eigenvalue weighted by Gasteiger charge is -2.07. The second-order valence-electron chi connectivity index (χ2n) is 4.54. The summed E-state index contributed by atoms with van der Waals surface area (Å²) in [6.45, 7) is 2.03. The van der Waals surface area contributed by atoms with Gasteiger partial charge in [0.15, 0.2) is 5.82 Å². The van der Waals surface area contributed by atoms with Gasteiger partial charge in [-0.25, -0.2) is 9.97 Å². The SMILES string of the molecule is CSc1ccc(-c2nc(Cl)c3cccc(C)c3n2)cc1. The van der Waals surface area contributed by atoms with Crippen LogP contribution in [0.4, 0.5) is 0 Å². The number of rotatable bonds is 2. The zero-order chi connectivity index (χ0) is 14.1. The Kier molecular flexibility index (Phi) is 3.64. The molecule has 20 heavy (non-hydrogen) atoms. The summed E-state index contributed by atoms with van der Waals surface area (Å²) >= 11 is 8.00. The van der Waals surface area contributed by atoms with Crippen LogP contribution >= 0.6 is 23.4 Å². The highest BCUT2D eigenvalue weighted by atomic mass is 35.5. The molecule has 1 heterocycles. The van der Waals surface area contributed by atoms with E-state index in [1.165, 1.54) is 4.90 Å². The molecule has 0 amide bonds. The number of halogens is 1. The number of benzene rings is 2. The fourth-order valence-corrected chi connectivity index (χ4v) is 2.77. The number of aryl methyl sites for hydroxylation is 1. The van der Waals surface area contributed by atoms with Gasteiger partial charge in [-0.15, -0.1) is 11.8 Å². The Morgan fingerprint density at radius 1 is 1.00 bits per heavy atom. The second kappa shape index (κ2) is 5.43. The van der Waals surface area contributed by atoms with Crippen LogP contribution in [0.1, 0.15) is 5.56 Å². The van der Waals surface area contributed by atoms with Gasteiger partial charge in [-0.05, 0) is 36.9 Å². The number of nitrogens with zero attached hydrogens (tertiary/aromatic N) is 2. The molecule has 0 fully saturated rings. The summed E-state index contributed by atoms with van der Waals surface area (Å²) in [6, 6.07) is 14.2. The maximum absolute atomic E-state index is 6.29. The largest absolute Gasteiger partial charge is 0.228 e. The van der Waals surface area contributed by atoms with Crippen LogP contribution in [-0.2, 0) is 0 Å². The minimum Gasteiger partial charge on any atom is -0.228 e. The summed E-state index contributed by atoms with van der Waals surface area (Å²) in [4.78, 5) is 10.3. The van der Waals surface area contributed by atoms with E-state index in [-0.39, 0.29) is 0 Å². The predicted octanol–water partition coefficient (Wildman–Crippen LogP) is 4.98. The van der Waals surface area contributed by atoms with E-state index in [9.17, 15) is 0 Å². The molecule has 2 nitrogen and oxygen atoms in total. The molecular formula is C16H13ClN2S. The average molecular weight is 301 g/mol. The van der Waals surface area contributed by atoms with Crippen LogP contribution in [0, 0.1) is 6.92 Å². The molecule has 0 saturated heterocycles. The lowest BCUT2D eigenvalue weighted by molar-refractivity contribution is 1.21. The number of aromatic nitrogens is 2. The van der Waals surface area contributed by atoms with Crippen molar-refractivity contribution in [2.75, 3.05) is 6.26 Å². The molecule has 1 aromatic heterocycles. The van der Waals surface area contributed by atoms with Gasteiger partial charge in [-0.1, -0.05) is 35.9 Å². The Labute approximate surface area is 127 Å². The zero-order valence-electron chi connectivity index (χ0n) is 11.2. The Morgan fingerprint density at radius 2 is 1.75 bits per heavy atom. The highest BCUT2D eigenvalue weighted by molar-refractivity contribution is 7.98. The molecule has 0 aliphatic carbocycles. The minimum absolute atomic E-state index is 0.502. The Bertz CT molecular complexity index is 769. The lowest BCUT2D eigenvalue weighted by atomic mass is 10.1. The van der Waals surface area contributed by atoms with Crippen LogP contribution in [0.25, 0.3) is 22.3 Å². The number of thioether (sulfide) groups is 1. The van der Waals surface area contributed by atoms with Gasteiger partial charge in [0.2, 0.25) is 0 Å². The first kappa shape index (κ1) is 13.4. The van der Waals surface area contributed by atoms with E-state index in [1.54, 1.807) is 11.8 Å². The minimum atomic E-state index is 0.502. The van der Waals surface area contributed by atoms with Crippen molar-refractivity contribution in [2.45, 2.75) is 11.8 Å². The Balaban J connectivity index is 2.18. The summed E-state index contributed by atoms with van der Waals surface area (Å²) in [5.41, 5.74) is 3.00. The van der Waals surface area contributed by atoms with Crippen LogP contribution in [0.2, 0.25) is 5.15 Å². The zero-order valence-corrected chi connectivity index (χ0v) is 12.8. The summed E-state index contributed by atoms with van der Waals surface area (Å²) < 4.78 is 0. The van der Waals surface area contributed by atoms with Gasteiger partial charge >= 0.3 is 0 Å². The van der Waals surface area contributed by atoms with Crippen molar-refractivity contribution in [3.63, 3.8) is 0 Å². The van der Waals surface area contributed by atoms with Crippen molar-refractivity contribution in [1.82, 2.24) is 9.97 Å². The lowest BCUT2D eigenvalue weighted by Crippen LogP contribution is -1.93. The fourth-order valence-electron chi connectivity index (χ4n) is 2.13. The first-order valence-electron chi connectivity index (χ1n) is 6.26. The summed E-state index contributed by atoms with van der Waals surface area (Å²) in [7, 11) is 0. The fraction of sp³-hybridized carbons (Fsp3) is 0.125. The van der Waals surface area contributed by atoms with E-state index >= 15 is 0 Å². The van der Waals surface area contributed by atoms with Gasteiger partial charge in [0.25, 0.3) is 0 Å². The van der Waals surface area contributed by atoms with Gasteiger partial charge in [0.05, 0.1) is 5.52 Å². The van der Waals surface area contributed by atoms with Crippen LogP contribution < -0.4 is 0 Å². The first-order valence-corrected chi connectivity index (χ1v) is 7.86. The molecule has 100 valence electrons.